The molecule has 74 heavy (non-hydrogen) atoms. The summed E-state index contributed by atoms with van der Waals surface area (Å²) < 4.78 is 0. The molecule has 3 aliphatic heterocycles. The van der Waals surface area contributed by atoms with Gasteiger partial charge in [0.05, 0.1) is 5.54 Å². The van der Waals surface area contributed by atoms with E-state index in [1.807, 2.05) is 0 Å². The van der Waals surface area contributed by atoms with Gasteiger partial charge in [-0.1, -0.05) is 207 Å². The molecule has 13 rings (SSSR count). The molecule has 3 nitrogen and oxygen atoms in total. The Morgan fingerprint density at radius 2 is 0.905 bits per heavy atom. The highest BCUT2D eigenvalue weighted by Gasteiger charge is 2.58. The Kier molecular flexibility index (Phi) is 10.6. The van der Waals surface area contributed by atoms with Gasteiger partial charge in [0, 0.05) is 50.9 Å². The quantitative estimate of drug-likeness (QED) is 0.154. The van der Waals surface area contributed by atoms with Crippen LogP contribution in [0.2, 0.25) is 0 Å². The number of nitrogens with zero attached hydrogens (tertiary/aromatic N) is 3. The molecule has 0 radical (unpaired) electrons. The number of rotatable bonds is 6. The van der Waals surface area contributed by atoms with Gasteiger partial charge in [-0.05, 0) is 158 Å². The zero-order valence-corrected chi connectivity index (χ0v) is 44.4. The Bertz CT molecular complexity index is 3630. The normalized spacial score (nSPS) is 18.6. The largest absolute Gasteiger partial charge is 0.334 e. The van der Waals surface area contributed by atoms with E-state index in [2.05, 4.69) is 276 Å². The maximum atomic E-state index is 2.80. The van der Waals surface area contributed by atoms with Crippen molar-refractivity contribution in [1.29, 1.82) is 0 Å². The fourth-order valence-corrected chi connectivity index (χ4v) is 13.5. The molecule has 0 saturated heterocycles. The zero-order chi connectivity index (χ0) is 50.7. The van der Waals surface area contributed by atoms with E-state index in [4.69, 9.17) is 0 Å². The van der Waals surface area contributed by atoms with Crippen molar-refractivity contribution in [3.05, 3.63) is 223 Å². The fraction of sp³-hybridized carbons (Fsp3) is 0.229. The predicted octanol–water partition coefficient (Wildman–Crippen LogP) is 17.1. The van der Waals surface area contributed by atoms with Crippen LogP contribution >= 0.6 is 0 Å². The van der Waals surface area contributed by atoms with Crippen LogP contribution in [0.25, 0.3) is 33.4 Å². The van der Waals surface area contributed by atoms with Crippen LogP contribution in [0.5, 0.6) is 0 Å². The van der Waals surface area contributed by atoms with Gasteiger partial charge in [0.15, 0.2) is 0 Å². The molecule has 9 aromatic rings. The van der Waals surface area contributed by atoms with Crippen molar-refractivity contribution in [2.45, 2.75) is 103 Å². The lowest BCUT2D eigenvalue weighted by molar-refractivity contribution is 0.195. The van der Waals surface area contributed by atoms with Gasteiger partial charge in [0.1, 0.15) is 0 Å². The Balaban J connectivity index is 1.14. The van der Waals surface area contributed by atoms with Crippen molar-refractivity contribution in [2.24, 2.45) is 0 Å². The van der Waals surface area contributed by atoms with Gasteiger partial charge in [-0.2, -0.15) is 0 Å². The minimum Gasteiger partial charge on any atom is -0.334 e. The van der Waals surface area contributed by atoms with Crippen LogP contribution in [-0.4, -0.2) is 12.3 Å². The summed E-state index contributed by atoms with van der Waals surface area (Å²) in [5, 5.41) is 0. The molecule has 4 heteroatoms. The molecule has 0 N–H and O–H groups in total. The van der Waals surface area contributed by atoms with E-state index in [0.29, 0.717) is 0 Å². The van der Waals surface area contributed by atoms with Crippen LogP contribution in [0.4, 0.5) is 45.5 Å². The van der Waals surface area contributed by atoms with Gasteiger partial charge in [-0.25, -0.2) is 0 Å². The third kappa shape index (κ3) is 7.23. The Morgan fingerprint density at radius 1 is 0.378 bits per heavy atom. The Labute approximate surface area is 440 Å². The van der Waals surface area contributed by atoms with Gasteiger partial charge < -0.3 is 14.7 Å². The molecule has 4 aliphatic rings. The molecular formula is C70H66BN3. The smallest absolute Gasteiger partial charge is 0.252 e. The molecule has 1 fully saturated rings. The van der Waals surface area contributed by atoms with Gasteiger partial charge in [-0.15, -0.1) is 0 Å². The van der Waals surface area contributed by atoms with Crippen molar-refractivity contribution in [1.82, 2.24) is 0 Å². The van der Waals surface area contributed by atoms with Crippen molar-refractivity contribution in [2.75, 3.05) is 14.7 Å². The molecule has 0 amide bonds. The topological polar surface area (TPSA) is 9.72 Å². The van der Waals surface area contributed by atoms with E-state index >= 15 is 0 Å². The lowest BCUT2D eigenvalue weighted by atomic mass is 9.33. The average molecular weight is 960 g/mol. The third-order valence-corrected chi connectivity index (χ3v) is 17.7. The molecule has 2 atom stereocenters. The van der Waals surface area contributed by atoms with Crippen molar-refractivity contribution >= 4 is 68.6 Å². The molecule has 0 bridgehead atoms. The first kappa shape index (κ1) is 46.2. The van der Waals surface area contributed by atoms with E-state index in [1.165, 1.54) is 119 Å². The van der Waals surface area contributed by atoms with Crippen LogP contribution < -0.4 is 31.1 Å². The fourth-order valence-electron chi connectivity index (χ4n) is 13.5. The minimum atomic E-state index is -0.179. The second-order valence-corrected chi connectivity index (χ2v) is 24.1. The highest BCUT2D eigenvalue weighted by molar-refractivity contribution is 7.00. The second-order valence-electron chi connectivity index (χ2n) is 24.1. The summed E-state index contributed by atoms with van der Waals surface area (Å²) in [7, 11) is 0. The third-order valence-electron chi connectivity index (χ3n) is 17.7. The van der Waals surface area contributed by atoms with Gasteiger partial charge in [-0.3, -0.25) is 0 Å². The first-order valence-corrected chi connectivity index (χ1v) is 27.1. The summed E-state index contributed by atoms with van der Waals surface area (Å²) in [6.07, 6.45) is 4.68. The number of benzene rings is 9. The van der Waals surface area contributed by atoms with Crippen LogP contribution in [0.3, 0.4) is 0 Å². The van der Waals surface area contributed by atoms with Crippen molar-refractivity contribution in [3.63, 3.8) is 0 Å². The summed E-state index contributed by atoms with van der Waals surface area (Å²) >= 11 is 0. The van der Waals surface area contributed by atoms with Gasteiger partial charge in [0.2, 0.25) is 0 Å². The summed E-state index contributed by atoms with van der Waals surface area (Å²) in [6, 6.07) is 78.8. The first-order chi connectivity index (χ1) is 35.7. The highest BCUT2D eigenvalue weighted by Crippen LogP contribution is 2.62. The number of hydrogen-bond donors (Lipinski definition) is 0. The molecule has 1 saturated carbocycles. The van der Waals surface area contributed by atoms with Gasteiger partial charge >= 0.3 is 0 Å². The Hall–Kier alpha value is -7.56. The lowest BCUT2D eigenvalue weighted by Gasteiger charge is -2.51. The molecule has 364 valence electrons. The first-order valence-electron chi connectivity index (χ1n) is 27.1. The highest BCUT2D eigenvalue weighted by atomic mass is 15.3. The molecular weight excluding hydrogens is 894 g/mol. The van der Waals surface area contributed by atoms with Crippen LogP contribution in [0, 0.1) is 0 Å². The van der Waals surface area contributed by atoms with Crippen LogP contribution in [0.1, 0.15) is 97.8 Å². The monoisotopic (exact) mass is 960 g/mol. The maximum Gasteiger partial charge on any atom is 0.252 e. The molecule has 9 aromatic carbocycles. The SMILES string of the molecule is CC(C)(C)c1ccc(N2c3ccc(C(C)(C)C)cc3B3c4ccc(-c5ccccc5)cc4N(c4cccc(-c5ccccc5)c4)c4cc(N5c6ccc(-c7ccccc7)cc6C6(C)CCCCC56C)cc2c43)cc1. The molecule has 0 spiro atoms. The summed E-state index contributed by atoms with van der Waals surface area (Å²) in [5.41, 5.74) is 25.0. The van der Waals surface area contributed by atoms with E-state index in [-0.39, 0.29) is 28.5 Å². The minimum absolute atomic E-state index is 0.0207. The summed E-state index contributed by atoms with van der Waals surface area (Å²) in [4.78, 5) is 8.05. The van der Waals surface area contributed by atoms with Crippen LogP contribution in [-0.2, 0) is 16.2 Å². The second kappa shape index (κ2) is 17.0. The Morgan fingerprint density at radius 3 is 1.53 bits per heavy atom. The maximum absolute atomic E-state index is 2.80. The van der Waals surface area contributed by atoms with E-state index < -0.39 is 0 Å². The lowest BCUT2D eigenvalue weighted by Crippen LogP contribution is -2.61. The molecule has 1 aliphatic carbocycles. The van der Waals surface area contributed by atoms with E-state index in [0.717, 1.165) is 18.5 Å². The van der Waals surface area contributed by atoms with E-state index in [9.17, 15) is 0 Å². The van der Waals surface area contributed by atoms with Crippen molar-refractivity contribution in [3.8, 4) is 33.4 Å². The van der Waals surface area contributed by atoms with E-state index in [1.54, 1.807) is 0 Å². The number of hydrogen-bond acceptors (Lipinski definition) is 3. The predicted molar refractivity (Wildman–Crippen MR) is 317 cm³/mol. The molecule has 2 unspecified atom stereocenters. The summed E-state index contributed by atoms with van der Waals surface area (Å²) in [5.74, 6) is 0. The molecule has 0 aromatic heterocycles. The average Bonchev–Trinajstić information content (AvgIpc) is 3.65. The van der Waals surface area contributed by atoms with Crippen LogP contribution in [0.15, 0.2) is 206 Å². The molecule has 3 heterocycles. The van der Waals surface area contributed by atoms with Crippen molar-refractivity contribution < 1.29 is 0 Å². The zero-order valence-electron chi connectivity index (χ0n) is 44.4. The summed E-state index contributed by atoms with van der Waals surface area (Å²) in [6.45, 7) is 19.1. The standard InChI is InChI=1S/C70H66BN3/c1-67(2,3)53-31-34-55(35-32-53)72-62-38-33-54(68(4,5)6)44-60(62)71-59-36-29-52(49-25-16-11-17-26-49)43-63(59)73(56-28-20-27-50(41-56)47-21-12-9-13-22-47)65-46-57(45-64(72)66(65)71)74-61-37-30-51(48-23-14-10-15-24-48)42-58(61)69(7)39-18-19-40-70(69,74)8/h9-17,20-38,41-46H,18-19,39-40H2,1-8H3. The van der Waals surface area contributed by atoms with Gasteiger partial charge in [0.25, 0.3) is 6.71 Å². The number of fused-ring (bicyclic) bond motifs is 7. The number of anilines is 8.